The van der Waals surface area contributed by atoms with Crippen LogP contribution in [-0.2, 0) is 19.1 Å². The SMILES string of the molecule is CC1=C(C)C2CC1C(C)(C(=O)OCC(C)C)C2(C)C(=O)OCC(C)C. The van der Waals surface area contributed by atoms with Gasteiger partial charge in [0.15, 0.2) is 0 Å². The van der Waals surface area contributed by atoms with E-state index in [1.807, 2.05) is 41.5 Å². The zero-order chi connectivity index (χ0) is 19.2. The van der Waals surface area contributed by atoms with E-state index in [-0.39, 0.29) is 35.6 Å². The molecule has 4 heteroatoms. The molecule has 2 bridgehead atoms. The molecule has 0 saturated heterocycles. The van der Waals surface area contributed by atoms with Gasteiger partial charge in [0.2, 0.25) is 0 Å². The maximum Gasteiger partial charge on any atom is 0.313 e. The van der Waals surface area contributed by atoms with E-state index in [2.05, 4.69) is 13.8 Å². The van der Waals surface area contributed by atoms with Gasteiger partial charge < -0.3 is 9.47 Å². The van der Waals surface area contributed by atoms with Crippen LogP contribution in [0.3, 0.4) is 0 Å². The predicted octanol–water partition coefficient (Wildman–Crippen LogP) is 4.38. The molecule has 0 radical (unpaired) electrons. The lowest BCUT2D eigenvalue weighted by Gasteiger charge is -2.46. The van der Waals surface area contributed by atoms with Gasteiger partial charge in [0.05, 0.1) is 24.0 Å². The fourth-order valence-electron chi connectivity index (χ4n) is 4.69. The van der Waals surface area contributed by atoms with Gasteiger partial charge in [0.25, 0.3) is 0 Å². The third-order valence-corrected chi connectivity index (χ3v) is 6.56. The summed E-state index contributed by atoms with van der Waals surface area (Å²) in [6, 6.07) is 0. The Bertz CT molecular complexity index is 539. The van der Waals surface area contributed by atoms with Gasteiger partial charge in [0.1, 0.15) is 0 Å². The molecule has 2 rings (SSSR count). The lowest BCUT2D eigenvalue weighted by Crippen LogP contribution is -2.54. The molecule has 0 aromatic heterocycles. The average molecular weight is 350 g/mol. The highest BCUT2D eigenvalue weighted by Crippen LogP contribution is 2.68. The minimum atomic E-state index is -0.871. The first-order valence-corrected chi connectivity index (χ1v) is 9.49. The second kappa shape index (κ2) is 6.77. The van der Waals surface area contributed by atoms with E-state index in [0.717, 1.165) is 6.42 Å². The molecule has 4 unspecified atom stereocenters. The van der Waals surface area contributed by atoms with Gasteiger partial charge in [-0.05, 0) is 57.8 Å². The summed E-state index contributed by atoms with van der Waals surface area (Å²) in [7, 11) is 0. The lowest BCUT2D eigenvalue weighted by molar-refractivity contribution is -0.182. The van der Waals surface area contributed by atoms with Crippen molar-refractivity contribution in [2.45, 2.75) is 61.8 Å². The van der Waals surface area contributed by atoms with E-state index in [0.29, 0.717) is 13.2 Å². The van der Waals surface area contributed by atoms with Crippen molar-refractivity contribution in [1.29, 1.82) is 0 Å². The van der Waals surface area contributed by atoms with Crippen LogP contribution in [0.2, 0.25) is 0 Å². The molecule has 0 N–H and O–H groups in total. The molecule has 2 aliphatic rings. The van der Waals surface area contributed by atoms with Crippen LogP contribution < -0.4 is 0 Å². The standard InChI is InChI=1S/C21H34O4/c1-12(2)10-24-18(22)20(7)16-9-17(15(6)14(16)5)21(20,8)19(23)25-11-13(3)4/h12-13,16-17H,9-11H2,1-8H3. The van der Waals surface area contributed by atoms with Crippen LogP contribution in [-0.4, -0.2) is 25.2 Å². The van der Waals surface area contributed by atoms with Crippen LogP contribution >= 0.6 is 0 Å². The highest BCUT2D eigenvalue weighted by Gasteiger charge is 2.72. The normalized spacial score (nSPS) is 34.2. The zero-order valence-electron chi connectivity index (χ0n) is 17.1. The summed E-state index contributed by atoms with van der Waals surface area (Å²) >= 11 is 0. The number of fused-ring (bicyclic) bond motifs is 2. The maximum absolute atomic E-state index is 13.1. The Kier molecular flexibility index (Phi) is 5.42. The van der Waals surface area contributed by atoms with E-state index in [4.69, 9.17) is 9.47 Å². The molecule has 0 heterocycles. The van der Waals surface area contributed by atoms with Gasteiger partial charge >= 0.3 is 11.9 Å². The van der Waals surface area contributed by atoms with Crippen LogP contribution in [0.1, 0.15) is 61.8 Å². The van der Waals surface area contributed by atoms with Gasteiger partial charge in [-0.25, -0.2) is 0 Å². The van der Waals surface area contributed by atoms with Gasteiger partial charge in [-0.15, -0.1) is 0 Å². The molecule has 1 saturated carbocycles. The van der Waals surface area contributed by atoms with E-state index in [1.54, 1.807) is 0 Å². The van der Waals surface area contributed by atoms with Crippen LogP contribution in [0.15, 0.2) is 11.1 Å². The second-order valence-corrected chi connectivity index (χ2v) is 9.10. The first-order chi connectivity index (χ1) is 11.5. The van der Waals surface area contributed by atoms with E-state index >= 15 is 0 Å². The number of ether oxygens (including phenoxy) is 2. The third kappa shape index (κ3) is 2.92. The number of hydrogen-bond acceptors (Lipinski definition) is 4. The number of carbonyl (C=O) groups is 2. The molecule has 0 aliphatic heterocycles. The van der Waals surface area contributed by atoms with Crippen LogP contribution in [0.25, 0.3) is 0 Å². The Labute approximate surface area is 152 Å². The summed E-state index contributed by atoms with van der Waals surface area (Å²) in [5.74, 6) is 0.115. The molecule has 0 amide bonds. The molecule has 0 aromatic rings. The van der Waals surface area contributed by atoms with Crippen molar-refractivity contribution in [3.05, 3.63) is 11.1 Å². The van der Waals surface area contributed by atoms with Gasteiger partial charge in [-0.1, -0.05) is 38.8 Å². The Balaban J connectivity index is 2.40. The van der Waals surface area contributed by atoms with Crippen molar-refractivity contribution in [1.82, 2.24) is 0 Å². The molecule has 0 aromatic carbocycles. The lowest BCUT2D eigenvalue weighted by atomic mass is 9.56. The van der Waals surface area contributed by atoms with E-state index in [9.17, 15) is 9.59 Å². The summed E-state index contributed by atoms with van der Waals surface area (Å²) in [5, 5.41) is 0. The Morgan fingerprint density at radius 3 is 1.48 bits per heavy atom. The van der Waals surface area contributed by atoms with Crippen molar-refractivity contribution in [3.63, 3.8) is 0 Å². The molecule has 142 valence electrons. The molecule has 0 spiro atoms. The summed E-state index contributed by atoms with van der Waals surface area (Å²) < 4.78 is 11.3. The van der Waals surface area contributed by atoms with E-state index < -0.39 is 10.8 Å². The van der Waals surface area contributed by atoms with Gasteiger partial charge in [-0.3, -0.25) is 9.59 Å². The maximum atomic E-state index is 13.1. The minimum Gasteiger partial charge on any atom is -0.465 e. The molecular formula is C21H34O4. The van der Waals surface area contributed by atoms with Gasteiger partial charge in [0, 0.05) is 0 Å². The van der Waals surface area contributed by atoms with Crippen LogP contribution in [0.4, 0.5) is 0 Å². The molecule has 25 heavy (non-hydrogen) atoms. The fraction of sp³-hybridized carbons (Fsp3) is 0.810. The van der Waals surface area contributed by atoms with Crippen molar-refractivity contribution in [2.24, 2.45) is 34.5 Å². The number of hydrogen-bond donors (Lipinski definition) is 0. The number of rotatable bonds is 6. The van der Waals surface area contributed by atoms with Gasteiger partial charge in [-0.2, -0.15) is 0 Å². The number of carbonyl (C=O) groups excluding carboxylic acids is 2. The second-order valence-electron chi connectivity index (χ2n) is 9.10. The van der Waals surface area contributed by atoms with Crippen molar-refractivity contribution in [3.8, 4) is 0 Å². The number of esters is 2. The van der Waals surface area contributed by atoms with Crippen molar-refractivity contribution in [2.75, 3.05) is 13.2 Å². The molecule has 1 fully saturated rings. The molecule has 4 atom stereocenters. The monoisotopic (exact) mass is 350 g/mol. The topological polar surface area (TPSA) is 52.6 Å². The number of allylic oxidation sites excluding steroid dienone is 2. The van der Waals surface area contributed by atoms with E-state index in [1.165, 1.54) is 11.1 Å². The largest absolute Gasteiger partial charge is 0.465 e. The quantitative estimate of drug-likeness (QED) is 0.527. The van der Waals surface area contributed by atoms with Crippen molar-refractivity contribution >= 4 is 11.9 Å². The van der Waals surface area contributed by atoms with Crippen LogP contribution in [0, 0.1) is 34.5 Å². The van der Waals surface area contributed by atoms with Crippen molar-refractivity contribution < 1.29 is 19.1 Å². The summed E-state index contributed by atoms with van der Waals surface area (Å²) in [6.45, 7) is 16.8. The highest BCUT2D eigenvalue weighted by molar-refractivity contribution is 5.91. The predicted molar refractivity (Wildman–Crippen MR) is 97.8 cm³/mol. The minimum absolute atomic E-state index is 0.0498. The van der Waals surface area contributed by atoms with Crippen LogP contribution in [0.5, 0.6) is 0 Å². The Morgan fingerprint density at radius 1 is 0.880 bits per heavy atom. The zero-order valence-corrected chi connectivity index (χ0v) is 17.1. The molecular weight excluding hydrogens is 316 g/mol. The Hall–Kier alpha value is -1.32. The Morgan fingerprint density at radius 2 is 1.20 bits per heavy atom. The average Bonchev–Trinajstić information content (AvgIpc) is 2.96. The summed E-state index contributed by atoms with van der Waals surface area (Å²) in [5.41, 5.74) is 0.736. The first kappa shape index (κ1) is 20.0. The first-order valence-electron chi connectivity index (χ1n) is 9.49. The third-order valence-electron chi connectivity index (χ3n) is 6.56. The highest BCUT2D eigenvalue weighted by atomic mass is 16.5. The molecule has 2 aliphatic carbocycles. The smallest absolute Gasteiger partial charge is 0.313 e. The summed E-state index contributed by atoms with van der Waals surface area (Å²) in [4.78, 5) is 26.2. The summed E-state index contributed by atoms with van der Waals surface area (Å²) in [6.07, 6.45) is 0.832. The molecule has 4 nitrogen and oxygen atoms in total. The fourth-order valence-corrected chi connectivity index (χ4v) is 4.69.